The van der Waals surface area contributed by atoms with Gasteiger partial charge in [-0.25, -0.2) is 8.42 Å². The van der Waals surface area contributed by atoms with Crippen LogP contribution in [0.2, 0.25) is 0 Å². The molecular weight excluding hydrogens is 392 g/mol. The summed E-state index contributed by atoms with van der Waals surface area (Å²) in [7, 11) is -2.91. The largest absolute Gasteiger partial charge is 0.465 e. The fourth-order valence-corrected chi connectivity index (χ4v) is 5.47. The SMILES string of the molecule is CS(=O)(=O)CC1CN(c2ccc(C3CN(C(=O)CC[C@@H]4COC(=O)C4)C3)cc2)C1. The summed E-state index contributed by atoms with van der Waals surface area (Å²) in [5.41, 5.74) is 2.36. The molecule has 8 heteroatoms. The summed E-state index contributed by atoms with van der Waals surface area (Å²) >= 11 is 0. The van der Waals surface area contributed by atoms with Gasteiger partial charge in [0.2, 0.25) is 5.91 Å². The zero-order valence-corrected chi connectivity index (χ0v) is 17.6. The molecule has 3 aliphatic heterocycles. The standard InChI is InChI=1S/C21H28N2O5S/c1-29(26,27)14-16-9-22(10-16)19-5-3-17(4-6-19)18-11-23(12-18)20(24)7-2-15-8-21(25)28-13-15/h3-6,15-16,18H,2,7-14H2,1H3/t15-/m0/s1. The van der Waals surface area contributed by atoms with Crippen molar-refractivity contribution in [3.8, 4) is 0 Å². The molecule has 0 radical (unpaired) electrons. The number of carbonyl (C=O) groups excluding carboxylic acids is 2. The third-order valence-corrected chi connectivity index (χ3v) is 7.24. The molecule has 1 aromatic rings. The maximum atomic E-state index is 12.3. The summed E-state index contributed by atoms with van der Waals surface area (Å²) in [5.74, 6) is 1.06. The Morgan fingerprint density at radius 3 is 2.38 bits per heavy atom. The van der Waals surface area contributed by atoms with Crippen LogP contribution in [0, 0.1) is 11.8 Å². The van der Waals surface area contributed by atoms with Crippen molar-refractivity contribution in [2.45, 2.75) is 25.2 Å². The van der Waals surface area contributed by atoms with Gasteiger partial charge in [0.15, 0.2) is 0 Å². The van der Waals surface area contributed by atoms with E-state index in [1.165, 1.54) is 11.8 Å². The number of esters is 1. The molecule has 1 aromatic carbocycles. The van der Waals surface area contributed by atoms with Crippen molar-refractivity contribution >= 4 is 27.4 Å². The lowest BCUT2D eigenvalue weighted by atomic mass is 9.90. The Morgan fingerprint density at radius 2 is 1.79 bits per heavy atom. The highest BCUT2D eigenvalue weighted by Crippen LogP contribution is 2.31. The summed E-state index contributed by atoms with van der Waals surface area (Å²) in [4.78, 5) is 27.5. The van der Waals surface area contributed by atoms with E-state index in [9.17, 15) is 18.0 Å². The molecule has 158 valence electrons. The molecule has 0 aliphatic carbocycles. The summed E-state index contributed by atoms with van der Waals surface area (Å²) in [6, 6.07) is 8.42. The van der Waals surface area contributed by atoms with Crippen LogP contribution in [-0.2, 0) is 24.2 Å². The fourth-order valence-electron chi connectivity index (χ4n) is 4.40. The number of hydrogen-bond donors (Lipinski definition) is 0. The van der Waals surface area contributed by atoms with Gasteiger partial charge in [-0.3, -0.25) is 9.59 Å². The van der Waals surface area contributed by atoms with Crippen LogP contribution < -0.4 is 4.90 Å². The minimum Gasteiger partial charge on any atom is -0.465 e. The van der Waals surface area contributed by atoms with Crippen molar-refractivity contribution in [1.82, 2.24) is 4.90 Å². The number of likely N-dealkylation sites (tertiary alicyclic amines) is 1. The fraction of sp³-hybridized carbons (Fsp3) is 0.619. The Balaban J connectivity index is 1.19. The van der Waals surface area contributed by atoms with Crippen LogP contribution in [-0.4, -0.2) is 70.0 Å². The molecular formula is C21H28N2O5S. The van der Waals surface area contributed by atoms with Gasteiger partial charge in [0.05, 0.1) is 18.8 Å². The van der Waals surface area contributed by atoms with Crippen LogP contribution in [0.5, 0.6) is 0 Å². The van der Waals surface area contributed by atoms with E-state index in [4.69, 9.17) is 4.74 Å². The molecule has 1 atom stereocenters. The van der Waals surface area contributed by atoms with Gasteiger partial charge >= 0.3 is 5.97 Å². The van der Waals surface area contributed by atoms with Crippen LogP contribution in [0.3, 0.4) is 0 Å². The van der Waals surface area contributed by atoms with E-state index in [-0.39, 0.29) is 29.5 Å². The highest BCUT2D eigenvalue weighted by Gasteiger charge is 2.33. The molecule has 1 amide bonds. The first-order valence-electron chi connectivity index (χ1n) is 10.2. The van der Waals surface area contributed by atoms with Crippen molar-refractivity contribution in [2.24, 2.45) is 11.8 Å². The van der Waals surface area contributed by atoms with Crippen molar-refractivity contribution < 1.29 is 22.7 Å². The second-order valence-corrected chi connectivity index (χ2v) is 10.9. The van der Waals surface area contributed by atoms with E-state index in [1.807, 2.05) is 4.90 Å². The number of rotatable bonds is 7. The minimum absolute atomic E-state index is 0.154. The number of amides is 1. The van der Waals surface area contributed by atoms with Crippen molar-refractivity contribution in [1.29, 1.82) is 0 Å². The van der Waals surface area contributed by atoms with Gasteiger partial charge in [0.25, 0.3) is 0 Å². The molecule has 0 aromatic heterocycles. The van der Waals surface area contributed by atoms with Crippen LogP contribution >= 0.6 is 0 Å². The Hall–Kier alpha value is -2.09. The number of nitrogens with zero attached hydrogens (tertiary/aromatic N) is 2. The monoisotopic (exact) mass is 420 g/mol. The number of benzene rings is 1. The summed E-state index contributed by atoms with van der Waals surface area (Å²) < 4.78 is 27.7. The lowest BCUT2D eigenvalue weighted by molar-refractivity contribution is -0.138. The summed E-state index contributed by atoms with van der Waals surface area (Å²) in [5, 5.41) is 0. The number of cyclic esters (lactones) is 1. The topological polar surface area (TPSA) is 84.0 Å². The number of carbonyl (C=O) groups is 2. The van der Waals surface area contributed by atoms with E-state index in [1.54, 1.807) is 0 Å². The Labute approximate surface area is 171 Å². The zero-order valence-electron chi connectivity index (χ0n) is 16.7. The molecule has 0 spiro atoms. The maximum Gasteiger partial charge on any atom is 0.306 e. The van der Waals surface area contributed by atoms with Gasteiger partial charge in [-0.05, 0) is 24.1 Å². The summed E-state index contributed by atoms with van der Waals surface area (Å²) in [6.07, 6.45) is 2.93. The second-order valence-electron chi connectivity index (χ2n) is 8.74. The highest BCUT2D eigenvalue weighted by atomic mass is 32.2. The van der Waals surface area contributed by atoms with E-state index in [0.717, 1.165) is 38.3 Å². The molecule has 4 rings (SSSR count). The molecule has 0 bridgehead atoms. The molecule has 0 saturated carbocycles. The van der Waals surface area contributed by atoms with E-state index >= 15 is 0 Å². The predicted molar refractivity (Wildman–Crippen MR) is 109 cm³/mol. The highest BCUT2D eigenvalue weighted by molar-refractivity contribution is 7.90. The van der Waals surface area contributed by atoms with Gasteiger partial charge in [0, 0.05) is 62.3 Å². The molecule has 29 heavy (non-hydrogen) atoms. The quantitative estimate of drug-likeness (QED) is 0.621. The molecule has 0 unspecified atom stereocenters. The molecule has 0 N–H and O–H groups in total. The van der Waals surface area contributed by atoms with Crippen LogP contribution in [0.4, 0.5) is 5.69 Å². The molecule has 3 fully saturated rings. The Bertz CT molecular complexity index is 871. The average Bonchev–Trinajstić information content (AvgIpc) is 3.00. The molecule has 3 saturated heterocycles. The van der Waals surface area contributed by atoms with Crippen LogP contribution in [0.25, 0.3) is 0 Å². The van der Waals surface area contributed by atoms with E-state index in [0.29, 0.717) is 25.4 Å². The number of ether oxygens (including phenoxy) is 1. The lowest BCUT2D eigenvalue weighted by Gasteiger charge is -2.42. The molecule has 3 aliphatic rings. The van der Waals surface area contributed by atoms with Crippen molar-refractivity contribution in [3.63, 3.8) is 0 Å². The third kappa shape index (κ3) is 4.91. The lowest BCUT2D eigenvalue weighted by Crippen LogP contribution is -2.49. The summed E-state index contributed by atoms with van der Waals surface area (Å²) in [6.45, 7) is 3.52. The second kappa shape index (κ2) is 7.97. The van der Waals surface area contributed by atoms with E-state index < -0.39 is 9.84 Å². The number of hydrogen-bond acceptors (Lipinski definition) is 6. The Kier molecular flexibility index (Phi) is 5.55. The normalized spacial score (nSPS) is 22.9. The van der Waals surface area contributed by atoms with Gasteiger partial charge in [-0.1, -0.05) is 12.1 Å². The van der Waals surface area contributed by atoms with Crippen molar-refractivity contribution in [3.05, 3.63) is 29.8 Å². The van der Waals surface area contributed by atoms with Crippen LogP contribution in [0.15, 0.2) is 24.3 Å². The maximum absolute atomic E-state index is 12.3. The number of sulfone groups is 1. The number of anilines is 1. The predicted octanol–water partition coefficient (Wildman–Crippen LogP) is 1.44. The van der Waals surface area contributed by atoms with Gasteiger partial charge < -0.3 is 14.5 Å². The van der Waals surface area contributed by atoms with Crippen molar-refractivity contribution in [2.75, 3.05) is 49.7 Å². The van der Waals surface area contributed by atoms with Crippen LogP contribution in [0.1, 0.15) is 30.7 Å². The Morgan fingerprint density at radius 1 is 1.10 bits per heavy atom. The third-order valence-electron chi connectivity index (χ3n) is 6.16. The smallest absolute Gasteiger partial charge is 0.306 e. The first-order chi connectivity index (χ1) is 13.8. The first-order valence-corrected chi connectivity index (χ1v) is 12.3. The average molecular weight is 421 g/mol. The first kappa shape index (κ1) is 20.2. The van der Waals surface area contributed by atoms with Gasteiger partial charge in [0.1, 0.15) is 9.84 Å². The molecule has 7 nitrogen and oxygen atoms in total. The van der Waals surface area contributed by atoms with Gasteiger partial charge in [-0.15, -0.1) is 0 Å². The zero-order chi connectivity index (χ0) is 20.6. The molecule has 3 heterocycles. The van der Waals surface area contributed by atoms with E-state index in [2.05, 4.69) is 29.2 Å². The minimum atomic E-state index is -2.91. The van der Waals surface area contributed by atoms with Gasteiger partial charge in [-0.2, -0.15) is 0 Å².